The van der Waals surface area contributed by atoms with Crippen LogP contribution in [0.1, 0.15) is 61.6 Å². The maximum absolute atomic E-state index is 5.31. The maximum Gasteiger partial charge on any atom is 0.215 e. The second-order valence-corrected chi connectivity index (χ2v) is 9.21. The highest BCUT2D eigenvalue weighted by Gasteiger charge is 2.25. The fourth-order valence-corrected chi connectivity index (χ4v) is 4.82. The van der Waals surface area contributed by atoms with Crippen molar-refractivity contribution in [2.45, 2.75) is 57.4 Å². The number of aromatic nitrogens is 3. The van der Waals surface area contributed by atoms with E-state index in [9.17, 15) is 0 Å². The zero-order chi connectivity index (χ0) is 21.2. The van der Waals surface area contributed by atoms with E-state index in [4.69, 9.17) is 4.74 Å². The molecule has 0 spiro atoms. The van der Waals surface area contributed by atoms with Gasteiger partial charge in [-0.2, -0.15) is 5.10 Å². The predicted octanol–water partition coefficient (Wildman–Crippen LogP) is 5.98. The van der Waals surface area contributed by atoms with Gasteiger partial charge in [-0.15, -0.1) is 0 Å². The molecule has 0 amide bonds. The molecule has 31 heavy (non-hydrogen) atoms. The zero-order valence-corrected chi connectivity index (χ0v) is 18.6. The highest BCUT2D eigenvalue weighted by Crippen LogP contribution is 2.37. The lowest BCUT2D eigenvalue weighted by Gasteiger charge is -2.29. The third-order valence-electron chi connectivity index (χ3n) is 6.88. The van der Waals surface area contributed by atoms with Crippen molar-refractivity contribution >= 4 is 5.69 Å². The number of benzene rings is 1. The van der Waals surface area contributed by atoms with Gasteiger partial charge in [-0.1, -0.05) is 12.1 Å². The number of nitrogens with zero attached hydrogens (tertiary/aromatic N) is 3. The monoisotopic (exact) mass is 416 g/mol. The Morgan fingerprint density at radius 2 is 1.87 bits per heavy atom. The molecule has 5 nitrogen and oxygen atoms in total. The van der Waals surface area contributed by atoms with Crippen molar-refractivity contribution in [2.75, 3.05) is 19.0 Å². The summed E-state index contributed by atoms with van der Waals surface area (Å²) < 4.78 is 7.42. The van der Waals surface area contributed by atoms with Crippen LogP contribution >= 0.6 is 0 Å². The van der Waals surface area contributed by atoms with Crippen molar-refractivity contribution in [2.24, 2.45) is 5.92 Å². The Labute approximate surface area is 184 Å². The third kappa shape index (κ3) is 4.60. The van der Waals surface area contributed by atoms with E-state index < -0.39 is 0 Å². The Hall–Kier alpha value is -2.82. The molecule has 2 fully saturated rings. The molecule has 2 aromatic heterocycles. The second-order valence-electron chi connectivity index (χ2n) is 9.21. The predicted molar refractivity (Wildman–Crippen MR) is 125 cm³/mol. The highest BCUT2D eigenvalue weighted by atomic mass is 16.5. The van der Waals surface area contributed by atoms with Crippen LogP contribution in [-0.4, -0.2) is 28.4 Å². The van der Waals surface area contributed by atoms with Gasteiger partial charge in [-0.25, -0.2) is 4.98 Å². The molecular formula is C26H32N4O. The van der Waals surface area contributed by atoms with Crippen LogP contribution in [0.5, 0.6) is 5.88 Å². The summed E-state index contributed by atoms with van der Waals surface area (Å²) in [6, 6.07) is 11.6. The van der Waals surface area contributed by atoms with E-state index in [2.05, 4.69) is 63.5 Å². The summed E-state index contributed by atoms with van der Waals surface area (Å²) in [4.78, 5) is 4.47. The number of nitrogens with one attached hydrogen (secondary N) is 1. The summed E-state index contributed by atoms with van der Waals surface area (Å²) in [5.74, 6) is 2.09. The van der Waals surface area contributed by atoms with Crippen molar-refractivity contribution in [1.82, 2.24) is 14.8 Å². The number of anilines is 1. The maximum atomic E-state index is 5.31. The third-order valence-corrected chi connectivity index (χ3v) is 6.88. The van der Waals surface area contributed by atoms with Crippen LogP contribution in [0, 0.1) is 12.8 Å². The Morgan fingerprint density at radius 3 is 2.61 bits per heavy atom. The van der Waals surface area contributed by atoms with E-state index >= 15 is 0 Å². The fraction of sp³-hybridized carbons (Fsp3) is 0.462. The lowest BCUT2D eigenvalue weighted by Crippen LogP contribution is -2.20. The first-order valence-electron chi connectivity index (χ1n) is 11.6. The van der Waals surface area contributed by atoms with Crippen molar-refractivity contribution in [1.29, 1.82) is 0 Å². The Balaban J connectivity index is 1.15. The van der Waals surface area contributed by atoms with Crippen LogP contribution in [0.4, 0.5) is 5.69 Å². The highest BCUT2D eigenvalue weighted by molar-refractivity contribution is 5.67. The molecule has 0 radical (unpaired) electrons. The van der Waals surface area contributed by atoms with Gasteiger partial charge in [-0.3, -0.25) is 4.68 Å². The molecule has 2 saturated carbocycles. The minimum Gasteiger partial charge on any atom is -0.481 e. The number of pyridine rings is 1. The molecule has 0 unspecified atom stereocenters. The lowest BCUT2D eigenvalue weighted by molar-refractivity contribution is 0.337. The quantitative estimate of drug-likeness (QED) is 0.514. The average molecular weight is 417 g/mol. The average Bonchev–Trinajstić information content (AvgIpc) is 3.54. The normalized spacial score (nSPS) is 21.1. The minimum absolute atomic E-state index is 0.625. The molecule has 5 rings (SSSR count). The van der Waals surface area contributed by atoms with Crippen LogP contribution in [-0.2, 0) is 0 Å². The smallest absolute Gasteiger partial charge is 0.215 e. The van der Waals surface area contributed by atoms with Crippen LogP contribution in [0.3, 0.4) is 0 Å². The van der Waals surface area contributed by atoms with Crippen molar-refractivity contribution in [3.8, 4) is 17.0 Å². The van der Waals surface area contributed by atoms with Crippen LogP contribution in [0.25, 0.3) is 11.1 Å². The standard InChI is InChI=1S/C26H32N4O/c1-18-12-22(15-28-26(18)31-2)20-8-6-19(7-9-20)14-27-24-5-3-4-21(13-24)23-16-29-30(17-23)25-10-11-25/h3-5,12-13,15-17,19-20,25,27H,6-11,14H2,1-2H3/t19-,20-. The summed E-state index contributed by atoms with van der Waals surface area (Å²) in [7, 11) is 1.68. The van der Waals surface area contributed by atoms with Crippen molar-refractivity contribution in [3.63, 3.8) is 0 Å². The van der Waals surface area contributed by atoms with Gasteiger partial charge in [0.2, 0.25) is 5.88 Å². The van der Waals surface area contributed by atoms with E-state index in [0.29, 0.717) is 12.0 Å². The molecule has 2 heterocycles. The molecule has 0 saturated heterocycles. The summed E-state index contributed by atoms with van der Waals surface area (Å²) in [6.07, 6.45) is 13.7. The summed E-state index contributed by atoms with van der Waals surface area (Å²) >= 11 is 0. The first-order chi connectivity index (χ1) is 15.2. The van der Waals surface area contributed by atoms with Crippen LogP contribution in [0.2, 0.25) is 0 Å². The summed E-state index contributed by atoms with van der Waals surface area (Å²) in [5, 5.41) is 8.22. The van der Waals surface area contributed by atoms with E-state index in [1.807, 2.05) is 12.4 Å². The zero-order valence-electron chi connectivity index (χ0n) is 18.6. The number of hydrogen-bond acceptors (Lipinski definition) is 4. The van der Waals surface area contributed by atoms with E-state index in [0.717, 1.165) is 23.9 Å². The molecule has 2 aliphatic carbocycles. The van der Waals surface area contributed by atoms with E-state index in [-0.39, 0.29) is 0 Å². The largest absolute Gasteiger partial charge is 0.481 e. The molecule has 1 N–H and O–H groups in total. The second kappa shape index (κ2) is 8.74. The SMILES string of the molecule is COc1ncc([C@H]2CC[C@H](CNc3cccc(-c4cnn(C5CC5)c4)c3)CC2)cc1C. The number of ether oxygens (including phenoxy) is 1. The molecule has 0 bridgehead atoms. The van der Waals surface area contributed by atoms with Gasteiger partial charge >= 0.3 is 0 Å². The molecule has 5 heteroatoms. The van der Waals surface area contributed by atoms with Gasteiger partial charge in [0.25, 0.3) is 0 Å². The van der Waals surface area contributed by atoms with Crippen LogP contribution in [0.15, 0.2) is 48.9 Å². The Kier molecular flexibility index (Phi) is 5.66. The van der Waals surface area contributed by atoms with E-state index in [1.165, 1.54) is 60.9 Å². The molecule has 0 atom stereocenters. The minimum atomic E-state index is 0.625. The van der Waals surface area contributed by atoms with Gasteiger partial charge < -0.3 is 10.1 Å². The van der Waals surface area contributed by atoms with Gasteiger partial charge in [0, 0.05) is 35.8 Å². The molecule has 162 valence electrons. The fourth-order valence-electron chi connectivity index (χ4n) is 4.82. The molecule has 1 aromatic carbocycles. The van der Waals surface area contributed by atoms with Gasteiger partial charge in [-0.05, 0) is 86.6 Å². The van der Waals surface area contributed by atoms with Gasteiger partial charge in [0.05, 0.1) is 19.3 Å². The number of rotatable bonds is 7. The number of aryl methyl sites for hydroxylation is 1. The molecule has 0 aliphatic heterocycles. The molecular weight excluding hydrogens is 384 g/mol. The first kappa shape index (κ1) is 20.1. The summed E-state index contributed by atoms with van der Waals surface area (Å²) in [5.41, 5.74) is 6.15. The van der Waals surface area contributed by atoms with Crippen molar-refractivity contribution < 1.29 is 4.74 Å². The topological polar surface area (TPSA) is 52.0 Å². The lowest BCUT2D eigenvalue weighted by atomic mass is 9.79. The number of methoxy groups -OCH3 is 1. The molecule has 3 aromatic rings. The first-order valence-corrected chi connectivity index (χ1v) is 11.6. The summed E-state index contributed by atoms with van der Waals surface area (Å²) in [6.45, 7) is 3.12. The Bertz CT molecular complexity index is 1030. The Morgan fingerprint density at radius 1 is 1.03 bits per heavy atom. The molecule has 2 aliphatic rings. The van der Waals surface area contributed by atoms with Gasteiger partial charge in [0.1, 0.15) is 0 Å². The van der Waals surface area contributed by atoms with Crippen molar-refractivity contribution in [3.05, 3.63) is 60.0 Å². The van der Waals surface area contributed by atoms with E-state index in [1.54, 1.807) is 7.11 Å². The van der Waals surface area contributed by atoms with Gasteiger partial charge in [0.15, 0.2) is 0 Å². The number of hydrogen-bond donors (Lipinski definition) is 1. The van der Waals surface area contributed by atoms with Crippen LogP contribution < -0.4 is 10.1 Å².